The molecule has 0 fully saturated rings. The quantitative estimate of drug-likeness (QED) is 0.522. The molecule has 0 spiro atoms. The van der Waals surface area contributed by atoms with Gasteiger partial charge in [-0.2, -0.15) is 10.2 Å². The summed E-state index contributed by atoms with van der Waals surface area (Å²) < 4.78 is 6.90. The third-order valence-electron chi connectivity index (χ3n) is 3.12. The molecular formula is C15H21N5O2. The van der Waals surface area contributed by atoms with E-state index < -0.39 is 5.97 Å². The topological polar surface area (TPSA) is 81.4 Å². The Labute approximate surface area is 129 Å². The largest absolute Gasteiger partial charge is 0.462 e. The number of nitrogens with zero attached hydrogens (tertiary/aromatic N) is 4. The van der Waals surface area contributed by atoms with E-state index in [2.05, 4.69) is 20.6 Å². The molecule has 7 nitrogen and oxygen atoms in total. The van der Waals surface area contributed by atoms with Crippen LogP contribution in [0.15, 0.2) is 11.3 Å². The summed E-state index contributed by atoms with van der Waals surface area (Å²) in [5, 5.41) is 9.46. The van der Waals surface area contributed by atoms with Crippen LogP contribution in [0.2, 0.25) is 0 Å². The third kappa shape index (κ3) is 2.93. The number of aryl methyl sites for hydroxylation is 2. The fourth-order valence-electron chi connectivity index (χ4n) is 2.19. The van der Waals surface area contributed by atoms with Crippen LogP contribution in [0.1, 0.15) is 43.7 Å². The molecule has 0 bridgehead atoms. The summed E-state index contributed by atoms with van der Waals surface area (Å²) in [6.07, 6.45) is 1.51. The lowest BCUT2D eigenvalue weighted by atomic mass is 10.1. The fraction of sp³-hybridized carbons (Fsp3) is 0.467. The lowest BCUT2D eigenvalue weighted by Crippen LogP contribution is -2.10. The van der Waals surface area contributed by atoms with Crippen LogP contribution in [0.3, 0.4) is 0 Å². The van der Waals surface area contributed by atoms with Crippen LogP contribution in [-0.4, -0.2) is 33.1 Å². The Morgan fingerprint density at radius 1 is 1.41 bits per heavy atom. The molecule has 7 heteroatoms. The van der Waals surface area contributed by atoms with E-state index in [9.17, 15) is 4.79 Å². The summed E-state index contributed by atoms with van der Waals surface area (Å²) in [6, 6.07) is 0. The molecule has 0 radical (unpaired) electrons. The highest BCUT2D eigenvalue weighted by molar-refractivity contribution is 6.05. The van der Waals surface area contributed by atoms with E-state index in [-0.39, 0.29) is 0 Å². The van der Waals surface area contributed by atoms with Crippen LogP contribution in [0.4, 0.5) is 5.69 Å². The Bertz CT molecular complexity index is 729. The number of pyridine rings is 1. The second-order valence-electron chi connectivity index (χ2n) is 5.04. The number of fused-ring (bicyclic) bond motifs is 1. The standard InChI is InChI=1S/C15H21N5O2/c1-6-20-14-12(10(5)19-20)13(18-17-9(3)4)11(8-16-14)15(21)22-7-2/h8H,6-7H2,1-5H3,(H,16,18). The van der Waals surface area contributed by atoms with Gasteiger partial charge < -0.3 is 4.74 Å². The minimum absolute atomic E-state index is 0.305. The number of hydrogen-bond donors (Lipinski definition) is 1. The van der Waals surface area contributed by atoms with Crippen molar-refractivity contribution >= 4 is 28.4 Å². The van der Waals surface area contributed by atoms with Gasteiger partial charge >= 0.3 is 5.97 Å². The summed E-state index contributed by atoms with van der Waals surface area (Å²) in [6.45, 7) is 10.4. The van der Waals surface area contributed by atoms with Gasteiger partial charge in [-0.05, 0) is 34.6 Å². The monoisotopic (exact) mass is 303 g/mol. The number of carbonyl (C=O) groups is 1. The summed E-state index contributed by atoms with van der Waals surface area (Å²) >= 11 is 0. The smallest absolute Gasteiger partial charge is 0.341 e. The lowest BCUT2D eigenvalue weighted by Gasteiger charge is -2.10. The molecule has 1 N–H and O–H groups in total. The normalized spacial score (nSPS) is 10.6. The van der Waals surface area contributed by atoms with Crippen LogP contribution >= 0.6 is 0 Å². The molecule has 0 aliphatic heterocycles. The maximum Gasteiger partial charge on any atom is 0.341 e. The van der Waals surface area contributed by atoms with Gasteiger partial charge in [-0.15, -0.1) is 0 Å². The Morgan fingerprint density at radius 2 is 2.14 bits per heavy atom. The first kappa shape index (κ1) is 15.9. The zero-order chi connectivity index (χ0) is 16.3. The molecule has 0 atom stereocenters. The Kier molecular flexibility index (Phi) is 4.75. The van der Waals surface area contributed by atoms with Crippen LogP contribution in [0.5, 0.6) is 0 Å². The van der Waals surface area contributed by atoms with Gasteiger partial charge in [0.25, 0.3) is 0 Å². The first-order valence-electron chi connectivity index (χ1n) is 7.29. The molecule has 0 saturated heterocycles. The van der Waals surface area contributed by atoms with Crippen LogP contribution in [-0.2, 0) is 11.3 Å². The number of hydrogen-bond acceptors (Lipinski definition) is 6. The zero-order valence-electron chi connectivity index (χ0n) is 13.6. The fourth-order valence-corrected chi connectivity index (χ4v) is 2.19. The van der Waals surface area contributed by atoms with Gasteiger partial charge in [0.2, 0.25) is 0 Å². The van der Waals surface area contributed by atoms with Gasteiger partial charge in [-0.25, -0.2) is 14.5 Å². The molecule has 22 heavy (non-hydrogen) atoms. The summed E-state index contributed by atoms with van der Waals surface area (Å²) in [4.78, 5) is 16.5. The number of aromatic nitrogens is 3. The van der Waals surface area contributed by atoms with Gasteiger partial charge in [0.1, 0.15) is 5.56 Å². The zero-order valence-corrected chi connectivity index (χ0v) is 13.6. The molecule has 0 saturated carbocycles. The van der Waals surface area contributed by atoms with E-state index in [1.807, 2.05) is 27.7 Å². The molecule has 2 heterocycles. The second kappa shape index (κ2) is 6.55. The van der Waals surface area contributed by atoms with Gasteiger partial charge in [-0.3, -0.25) is 5.43 Å². The van der Waals surface area contributed by atoms with Crippen molar-refractivity contribution < 1.29 is 9.53 Å². The maximum absolute atomic E-state index is 12.2. The van der Waals surface area contributed by atoms with Gasteiger partial charge in [0, 0.05) is 18.5 Å². The number of carbonyl (C=O) groups excluding carboxylic acids is 1. The van der Waals surface area contributed by atoms with E-state index in [1.165, 1.54) is 6.20 Å². The molecular weight excluding hydrogens is 282 g/mol. The third-order valence-corrected chi connectivity index (χ3v) is 3.12. The van der Waals surface area contributed by atoms with Crippen LogP contribution in [0.25, 0.3) is 11.0 Å². The van der Waals surface area contributed by atoms with Crippen molar-refractivity contribution in [2.75, 3.05) is 12.0 Å². The molecule has 0 aliphatic carbocycles. The molecule has 0 amide bonds. The van der Waals surface area contributed by atoms with E-state index >= 15 is 0 Å². The van der Waals surface area contributed by atoms with Crippen molar-refractivity contribution in [2.24, 2.45) is 5.10 Å². The van der Waals surface area contributed by atoms with Crippen molar-refractivity contribution in [2.45, 2.75) is 41.2 Å². The first-order chi connectivity index (χ1) is 10.5. The molecule has 118 valence electrons. The maximum atomic E-state index is 12.2. The Morgan fingerprint density at radius 3 is 2.73 bits per heavy atom. The van der Waals surface area contributed by atoms with E-state index in [4.69, 9.17) is 4.74 Å². The molecule has 0 aromatic carbocycles. The SMILES string of the molecule is CCOC(=O)c1cnc2c(c(C)nn2CC)c1NN=C(C)C. The summed E-state index contributed by atoms with van der Waals surface area (Å²) in [5.41, 5.74) is 6.27. The second-order valence-corrected chi connectivity index (χ2v) is 5.04. The van der Waals surface area contributed by atoms with Crippen LogP contribution in [0, 0.1) is 6.92 Å². The molecule has 2 aromatic heterocycles. The summed E-state index contributed by atoms with van der Waals surface area (Å²) in [7, 11) is 0. The number of ether oxygens (including phenoxy) is 1. The van der Waals surface area contributed by atoms with Gasteiger partial charge in [0.15, 0.2) is 5.65 Å². The highest BCUT2D eigenvalue weighted by Crippen LogP contribution is 2.29. The van der Waals surface area contributed by atoms with E-state index in [1.54, 1.807) is 11.6 Å². The number of esters is 1. The highest BCUT2D eigenvalue weighted by Gasteiger charge is 2.21. The van der Waals surface area contributed by atoms with Crippen molar-refractivity contribution in [3.8, 4) is 0 Å². The molecule has 0 aliphatic rings. The minimum Gasteiger partial charge on any atom is -0.462 e. The summed E-state index contributed by atoms with van der Waals surface area (Å²) in [5.74, 6) is -0.424. The molecule has 2 aromatic rings. The van der Waals surface area contributed by atoms with E-state index in [0.29, 0.717) is 24.4 Å². The predicted octanol–water partition coefficient (Wildman–Crippen LogP) is 2.74. The van der Waals surface area contributed by atoms with Crippen molar-refractivity contribution in [3.63, 3.8) is 0 Å². The van der Waals surface area contributed by atoms with Crippen molar-refractivity contribution in [1.82, 2.24) is 14.8 Å². The van der Waals surface area contributed by atoms with Gasteiger partial charge in [0.05, 0.1) is 23.4 Å². The number of nitrogens with one attached hydrogen (secondary N) is 1. The van der Waals surface area contributed by atoms with Crippen molar-refractivity contribution in [1.29, 1.82) is 0 Å². The van der Waals surface area contributed by atoms with Gasteiger partial charge in [-0.1, -0.05) is 0 Å². The number of anilines is 1. The Hall–Kier alpha value is -2.44. The van der Waals surface area contributed by atoms with Crippen molar-refractivity contribution in [3.05, 3.63) is 17.5 Å². The van der Waals surface area contributed by atoms with Crippen LogP contribution < -0.4 is 5.43 Å². The number of hydrazone groups is 1. The predicted molar refractivity (Wildman–Crippen MR) is 86.3 cm³/mol. The lowest BCUT2D eigenvalue weighted by molar-refractivity contribution is 0.0527. The Balaban J connectivity index is 2.69. The first-order valence-corrected chi connectivity index (χ1v) is 7.29. The molecule has 2 rings (SSSR count). The highest BCUT2D eigenvalue weighted by atomic mass is 16.5. The molecule has 0 unspecified atom stereocenters. The average molecular weight is 303 g/mol. The average Bonchev–Trinajstić information content (AvgIpc) is 2.81. The minimum atomic E-state index is -0.424. The van der Waals surface area contributed by atoms with E-state index in [0.717, 1.165) is 22.4 Å². The number of rotatable bonds is 5.